The minimum Gasteiger partial charge on any atom is -0.372 e. The largest absolute Gasteiger partial charge is 0.372 e. The molecule has 0 radical (unpaired) electrons. The molecule has 0 heterocycles. The molecule has 20 heavy (non-hydrogen) atoms. The Morgan fingerprint density at radius 2 is 1.90 bits per heavy atom. The Morgan fingerprint density at radius 1 is 1.25 bits per heavy atom. The molecule has 2 rings (SSSR count). The molecule has 0 spiro atoms. The van der Waals surface area contributed by atoms with Crippen LogP contribution in [0.3, 0.4) is 0 Å². The summed E-state index contributed by atoms with van der Waals surface area (Å²) < 4.78 is 1.14. The lowest BCUT2D eigenvalue weighted by Crippen LogP contribution is -2.49. The monoisotopic (exact) mass is 387 g/mol. The van der Waals surface area contributed by atoms with Crippen molar-refractivity contribution in [3.05, 3.63) is 33.4 Å². The van der Waals surface area contributed by atoms with E-state index in [1.165, 1.54) is 32.1 Å². The molecule has 112 valence electrons. The van der Waals surface area contributed by atoms with Gasteiger partial charge in [-0.1, -0.05) is 51.3 Å². The number of nitrogens with one attached hydrogen (secondary N) is 1. The van der Waals surface area contributed by atoms with E-state index in [0.717, 1.165) is 15.6 Å². The van der Waals surface area contributed by atoms with Crippen LogP contribution in [0.25, 0.3) is 0 Å². The molecule has 1 aliphatic rings. The summed E-state index contributed by atoms with van der Waals surface area (Å²) in [5, 5.41) is 14.8. The summed E-state index contributed by atoms with van der Waals surface area (Å²) in [6, 6.07) is 8.63. The highest BCUT2D eigenvalue weighted by Crippen LogP contribution is 2.32. The van der Waals surface area contributed by atoms with Gasteiger partial charge in [-0.25, -0.2) is 0 Å². The third-order valence-corrected chi connectivity index (χ3v) is 5.01. The van der Waals surface area contributed by atoms with Crippen LogP contribution in [0.4, 0.5) is 0 Å². The standard InChI is InChI=1S/C17H26INO/c1-13(2)12-17(20,15-10-6-7-11-16(15)18)19-14-8-4-3-5-9-14/h6-7,10-11,13-14,19-20H,3-5,8-9,12H2,1-2H3/t17-/m0/s1. The first-order valence-corrected chi connectivity index (χ1v) is 8.84. The van der Waals surface area contributed by atoms with Crippen LogP contribution in [0, 0.1) is 9.49 Å². The van der Waals surface area contributed by atoms with E-state index in [9.17, 15) is 5.11 Å². The first-order valence-electron chi connectivity index (χ1n) is 7.76. The molecule has 0 aromatic heterocycles. The van der Waals surface area contributed by atoms with Gasteiger partial charge in [0.2, 0.25) is 0 Å². The summed E-state index contributed by atoms with van der Waals surface area (Å²) in [5.74, 6) is 0.451. The molecule has 1 fully saturated rings. The molecule has 0 aliphatic heterocycles. The maximum Gasteiger partial charge on any atom is 0.143 e. The first-order chi connectivity index (χ1) is 9.51. The molecule has 1 aromatic carbocycles. The second kappa shape index (κ2) is 7.23. The normalized spacial score (nSPS) is 20.1. The maximum absolute atomic E-state index is 11.3. The molecule has 1 saturated carbocycles. The van der Waals surface area contributed by atoms with E-state index in [2.05, 4.69) is 53.9 Å². The van der Waals surface area contributed by atoms with Crippen LogP contribution in [-0.4, -0.2) is 11.1 Å². The van der Waals surface area contributed by atoms with Crippen LogP contribution in [0.5, 0.6) is 0 Å². The minimum atomic E-state index is -0.895. The lowest BCUT2D eigenvalue weighted by Gasteiger charge is -2.37. The topological polar surface area (TPSA) is 32.3 Å². The van der Waals surface area contributed by atoms with Gasteiger partial charge in [-0.3, -0.25) is 5.32 Å². The molecule has 1 aliphatic carbocycles. The number of aliphatic hydroxyl groups is 1. The van der Waals surface area contributed by atoms with Crippen LogP contribution >= 0.6 is 22.6 Å². The van der Waals surface area contributed by atoms with Crippen molar-refractivity contribution in [2.75, 3.05) is 0 Å². The van der Waals surface area contributed by atoms with Crippen LogP contribution in [-0.2, 0) is 5.72 Å². The van der Waals surface area contributed by atoms with Gasteiger partial charge >= 0.3 is 0 Å². The van der Waals surface area contributed by atoms with Crippen LogP contribution in [0.15, 0.2) is 24.3 Å². The molecule has 1 atom stereocenters. The SMILES string of the molecule is CC(C)C[C@@](O)(NC1CCCCC1)c1ccccc1I. The van der Waals surface area contributed by atoms with Crippen molar-refractivity contribution in [1.82, 2.24) is 5.32 Å². The van der Waals surface area contributed by atoms with E-state index in [-0.39, 0.29) is 0 Å². The number of hydrogen-bond donors (Lipinski definition) is 2. The summed E-state index contributed by atoms with van der Waals surface area (Å²) in [4.78, 5) is 0. The number of halogens is 1. The Morgan fingerprint density at radius 3 is 2.50 bits per heavy atom. The number of benzene rings is 1. The Kier molecular flexibility index (Phi) is 5.87. The fraction of sp³-hybridized carbons (Fsp3) is 0.647. The van der Waals surface area contributed by atoms with Crippen LogP contribution in [0.2, 0.25) is 0 Å². The zero-order chi connectivity index (χ0) is 14.6. The Labute approximate surface area is 136 Å². The van der Waals surface area contributed by atoms with E-state index in [1.807, 2.05) is 12.1 Å². The summed E-state index contributed by atoms with van der Waals surface area (Å²) in [5.41, 5.74) is 0.133. The van der Waals surface area contributed by atoms with Gasteiger partial charge in [0.1, 0.15) is 5.72 Å². The quantitative estimate of drug-likeness (QED) is 0.580. The highest BCUT2D eigenvalue weighted by atomic mass is 127. The fourth-order valence-electron chi connectivity index (χ4n) is 3.22. The van der Waals surface area contributed by atoms with Crippen molar-refractivity contribution in [3.8, 4) is 0 Å². The van der Waals surface area contributed by atoms with Gasteiger partial charge in [0, 0.05) is 15.2 Å². The van der Waals surface area contributed by atoms with Crippen molar-refractivity contribution >= 4 is 22.6 Å². The van der Waals surface area contributed by atoms with E-state index in [4.69, 9.17) is 0 Å². The molecule has 2 nitrogen and oxygen atoms in total. The minimum absolute atomic E-state index is 0.448. The Hall–Kier alpha value is -0.130. The van der Waals surface area contributed by atoms with Crippen LogP contribution in [0.1, 0.15) is 57.9 Å². The predicted octanol–water partition coefficient (Wildman–Crippen LogP) is 4.40. The summed E-state index contributed by atoms with van der Waals surface area (Å²) >= 11 is 2.33. The van der Waals surface area contributed by atoms with Gasteiger partial charge in [-0.05, 0) is 53.8 Å². The van der Waals surface area contributed by atoms with E-state index in [0.29, 0.717) is 12.0 Å². The van der Waals surface area contributed by atoms with Crippen molar-refractivity contribution < 1.29 is 5.11 Å². The fourth-order valence-corrected chi connectivity index (χ4v) is 4.05. The number of rotatable bonds is 5. The second-order valence-corrected chi connectivity index (χ2v) is 7.58. The van der Waals surface area contributed by atoms with Crippen molar-refractivity contribution in [2.45, 2.75) is 64.1 Å². The average Bonchev–Trinajstić information content (AvgIpc) is 2.39. The van der Waals surface area contributed by atoms with Gasteiger partial charge in [0.05, 0.1) is 0 Å². The molecule has 3 heteroatoms. The first kappa shape index (κ1) is 16.2. The molecule has 1 aromatic rings. The highest BCUT2D eigenvalue weighted by molar-refractivity contribution is 14.1. The second-order valence-electron chi connectivity index (χ2n) is 6.42. The third-order valence-electron chi connectivity index (χ3n) is 4.07. The molecule has 0 amide bonds. The van der Waals surface area contributed by atoms with E-state index < -0.39 is 5.72 Å². The molecule has 0 saturated heterocycles. The van der Waals surface area contributed by atoms with Gasteiger partial charge in [-0.15, -0.1) is 0 Å². The summed E-state index contributed by atoms with van der Waals surface area (Å²) in [6.07, 6.45) is 7.02. The zero-order valence-electron chi connectivity index (χ0n) is 12.5. The lowest BCUT2D eigenvalue weighted by molar-refractivity contribution is -0.0342. The molecule has 2 N–H and O–H groups in total. The Balaban J connectivity index is 2.22. The highest BCUT2D eigenvalue weighted by Gasteiger charge is 2.34. The van der Waals surface area contributed by atoms with Crippen LogP contribution < -0.4 is 5.32 Å². The average molecular weight is 387 g/mol. The third kappa shape index (κ3) is 4.18. The van der Waals surface area contributed by atoms with Gasteiger partial charge in [0.15, 0.2) is 0 Å². The molecule has 0 unspecified atom stereocenters. The predicted molar refractivity (Wildman–Crippen MR) is 92.5 cm³/mol. The maximum atomic E-state index is 11.3. The van der Waals surface area contributed by atoms with Gasteiger partial charge < -0.3 is 5.11 Å². The zero-order valence-corrected chi connectivity index (χ0v) is 14.7. The number of hydrogen-bond acceptors (Lipinski definition) is 2. The van der Waals surface area contributed by atoms with E-state index >= 15 is 0 Å². The lowest BCUT2D eigenvalue weighted by atomic mass is 9.89. The van der Waals surface area contributed by atoms with Crippen molar-refractivity contribution in [1.29, 1.82) is 0 Å². The van der Waals surface area contributed by atoms with Gasteiger partial charge in [0.25, 0.3) is 0 Å². The Bertz CT molecular complexity index is 429. The van der Waals surface area contributed by atoms with E-state index in [1.54, 1.807) is 0 Å². The molecular formula is C17H26INO. The van der Waals surface area contributed by atoms with Gasteiger partial charge in [-0.2, -0.15) is 0 Å². The summed E-state index contributed by atoms with van der Waals surface area (Å²) in [6.45, 7) is 4.34. The molecular weight excluding hydrogens is 361 g/mol. The summed E-state index contributed by atoms with van der Waals surface area (Å²) in [7, 11) is 0. The van der Waals surface area contributed by atoms with Crippen molar-refractivity contribution in [3.63, 3.8) is 0 Å². The smallest absolute Gasteiger partial charge is 0.143 e. The molecule has 0 bridgehead atoms. The van der Waals surface area contributed by atoms with Crippen molar-refractivity contribution in [2.24, 2.45) is 5.92 Å².